The summed E-state index contributed by atoms with van der Waals surface area (Å²) in [5, 5.41) is 1.02. The Morgan fingerprint density at radius 2 is 2.04 bits per heavy atom. The molecule has 1 aromatic heterocycles. The van der Waals surface area contributed by atoms with Crippen LogP contribution in [0.4, 0.5) is 0 Å². The smallest absolute Gasteiger partial charge is 0.254 e. The van der Waals surface area contributed by atoms with Crippen molar-refractivity contribution in [1.29, 1.82) is 0 Å². The molecule has 0 aliphatic rings. The van der Waals surface area contributed by atoms with Gasteiger partial charge in [0.15, 0.2) is 0 Å². The van der Waals surface area contributed by atoms with E-state index in [2.05, 4.69) is 43.3 Å². The molecule has 0 radical (unpaired) electrons. The fourth-order valence-electron chi connectivity index (χ4n) is 2.80. The number of benzene rings is 2. The van der Waals surface area contributed by atoms with Crippen LogP contribution in [0.25, 0.3) is 10.2 Å². The van der Waals surface area contributed by atoms with Crippen LogP contribution < -0.4 is 0 Å². The third-order valence-electron chi connectivity index (χ3n) is 4.11. The van der Waals surface area contributed by atoms with E-state index in [1.54, 1.807) is 23.1 Å². The fourth-order valence-corrected chi connectivity index (χ4v) is 4.09. The highest BCUT2D eigenvalue weighted by Gasteiger charge is 2.20. The van der Waals surface area contributed by atoms with Gasteiger partial charge in [0.1, 0.15) is 0 Å². The summed E-state index contributed by atoms with van der Waals surface area (Å²) in [4.78, 5) is 20.7. The van der Waals surface area contributed by atoms with Crippen molar-refractivity contribution in [2.75, 3.05) is 6.26 Å². The van der Waals surface area contributed by atoms with Crippen LogP contribution in [0.3, 0.4) is 0 Å². The number of amides is 1. The van der Waals surface area contributed by atoms with Gasteiger partial charge in [0.25, 0.3) is 5.91 Å². The molecule has 2 aromatic carbocycles. The predicted octanol–water partition coefficient (Wildman–Crippen LogP) is 5.38. The number of carbonyl (C=O) groups is 1. The van der Waals surface area contributed by atoms with E-state index in [-0.39, 0.29) is 11.9 Å². The van der Waals surface area contributed by atoms with E-state index < -0.39 is 0 Å². The van der Waals surface area contributed by atoms with Gasteiger partial charge in [-0.15, -0.1) is 23.1 Å². The van der Waals surface area contributed by atoms with Crippen LogP contribution in [-0.4, -0.2) is 28.1 Å². The molecule has 0 aliphatic heterocycles. The summed E-state index contributed by atoms with van der Waals surface area (Å²) in [6.45, 7) is 6.72. The second kappa shape index (κ2) is 7.58. The molecule has 0 bridgehead atoms. The van der Waals surface area contributed by atoms with Crippen LogP contribution in [0.1, 0.15) is 34.8 Å². The molecule has 0 spiro atoms. The van der Waals surface area contributed by atoms with E-state index in [1.807, 2.05) is 36.1 Å². The molecule has 130 valence electrons. The summed E-state index contributed by atoms with van der Waals surface area (Å²) >= 11 is 3.37. The van der Waals surface area contributed by atoms with Crippen molar-refractivity contribution < 1.29 is 4.79 Å². The topological polar surface area (TPSA) is 33.2 Å². The van der Waals surface area contributed by atoms with Gasteiger partial charge < -0.3 is 4.90 Å². The van der Waals surface area contributed by atoms with Crippen molar-refractivity contribution in [2.45, 2.75) is 38.3 Å². The quantitative estimate of drug-likeness (QED) is 0.566. The number of aromatic nitrogens is 1. The van der Waals surface area contributed by atoms with Crippen molar-refractivity contribution in [2.24, 2.45) is 0 Å². The number of thiazole rings is 1. The zero-order valence-corrected chi connectivity index (χ0v) is 16.6. The van der Waals surface area contributed by atoms with Crippen LogP contribution in [0.15, 0.2) is 47.4 Å². The standard InChI is InChI=1S/C20H22N2OS2/c1-13(2)22(12-15-6-5-7-17(10-15)24-4)20(23)16-8-9-19-18(11-16)21-14(3)25-19/h5-11,13H,12H2,1-4H3. The number of nitrogens with zero attached hydrogens (tertiary/aromatic N) is 2. The molecule has 0 aliphatic carbocycles. The van der Waals surface area contributed by atoms with E-state index in [0.717, 1.165) is 20.8 Å². The van der Waals surface area contributed by atoms with Gasteiger partial charge in [0.05, 0.1) is 15.2 Å². The van der Waals surface area contributed by atoms with Gasteiger partial charge in [0, 0.05) is 23.0 Å². The summed E-state index contributed by atoms with van der Waals surface area (Å²) in [7, 11) is 0. The van der Waals surface area contributed by atoms with Crippen molar-refractivity contribution in [3.63, 3.8) is 0 Å². The molecule has 5 heteroatoms. The Bertz CT molecular complexity index is 902. The first-order chi connectivity index (χ1) is 12.0. The molecule has 3 aromatic rings. The van der Waals surface area contributed by atoms with E-state index in [4.69, 9.17) is 0 Å². The molecule has 0 N–H and O–H groups in total. The van der Waals surface area contributed by atoms with E-state index >= 15 is 0 Å². The first-order valence-electron chi connectivity index (χ1n) is 8.29. The Kier molecular flexibility index (Phi) is 5.45. The fraction of sp³-hybridized carbons (Fsp3) is 0.300. The average Bonchev–Trinajstić information content (AvgIpc) is 2.98. The Morgan fingerprint density at radius 3 is 2.76 bits per heavy atom. The lowest BCUT2D eigenvalue weighted by atomic mass is 10.1. The molecule has 0 saturated carbocycles. The Hall–Kier alpha value is -1.85. The molecule has 0 fully saturated rings. The van der Waals surface area contributed by atoms with Gasteiger partial charge >= 0.3 is 0 Å². The van der Waals surface area contributed by atoms with Crippen LogP contribution in [0.5, 0.6) is 0 Å². The monoisotopic (exact) mass is 370 g/mol. The average molecular weight is 371 g/mol. The number of aryl methyl sites for hydroxylation is 1. The number of fused-ring (bicyclic) bond motifs is 1. The van der Waals surface area contributed by atoms with Gasteiger partial charge in [0.2, 0.25) is 0 Å². The van der Waals surface area contributed by atoms with Gasteiger partial charge in [-0.2, -0.15) is 0 Å². The predicted molar refractivity (Wildman–Crippen MR) is 108 cm³/mol. The van der Waals surface area contributed by atoms with Crippen molar-refractivity contribution in [3.05, 3.63) is 58.6 Å². The minimum Gasteiger partial charge on any atom is -0.332 e. The Balaban J connectivity index is 1.88. The summed E-state index contributed by atoms with van der Waals surface area (Å²) in [6, 6.07) is 14.3. The lowest BCUT2D eigenvalue weighted by Gasteiger charge is -2.27. The first kappa shape index (κ1) is 18.0. The van der Waals surface area contributed by atoms with Crippen molar-refractivity contribution in [3.8, 4) is 0 Å². The zero-order chi connectivity index (χ0) is 18.0. The summed E-state index contributed by atoms with van der Waals surface area (Å²) in [6.07, 6.45) is 2.07. The van der Waals surface area contributed by atoms with Crippen LogP contribution in [-0.2, 0) is 6.54 Å². The Labute approximate surface area is 157 Å². The molecule has 3 rings (SSSR count). The zero-order valence-electron chi connectivity index (χ0n) is 14.9. The van der Waals surface area contributed by atoms with E-state index in [9.17, 15) is 4.79 Å². The van der Waals surface area contributed by atoms with Gasteiger partial charge in [-0.05, 0) is 62.9 Å². The second-order valence-corrected chi connectivity index (χ2v) is 8.41. The summed E-state index contributed by atoms with van der Waals surface area (Å²) in [5.41, 5.74) is 2.76. The van der Waals surface area contributed by atoms with E-state index in [0.29, 0.717) is 12.1 Å². The van der Waals surface area contributed by atoms with Crippen molar-refractivity contribution >= 4 is 39.2 Å². The molecule has 25 heavy (non-hydrogen) atoms. The highest BCUT2D eigenvalue weighted by molar-refractivity contribution is 7.98. The first-order valence-corrected chi connectivity index (χ1v) is 10.3. The van der Waals surface area contributed by atoms with Gasteiger partial charge in [-0.25, -0.2) is 4.98 Å². The highest BCUT2D eigenvalue weighted by Crippen LogP contribution is 2.24. The molecule has 0 atom stereocenters. The number of hydrogen-bond acceptors (Lipinski definition) is 4. The maximum atomic E-state index is 13.1. The third-order valence-corrected chi connectivity index (χ3v) is 5.79. The molecule has 1 heterocycles. The minimum absolute atomic E-state index is 0.0529. The lowest BCUT2D eigenvalue weighted by Crippen LogP contribution is -2.36. The van der Waals surface area contributed by atoms with Crippen molar-refractivity contribution in [1.82, 2.24) is 9.88 Å². The number of thioether (sulfide) groups is 1. The normalized spacial score (nSPS) is 11.2. The molecular formula is C20H22N2OS2. The van der Waals surface area contributed by atoms with E-state index in [1.165, 1.54) is 4.90 Å². The molecule has 0 unspecified atom stereocenters. The number of rotatable bonds is 5. The SMILES string of the molecule is CSc1cccc(CN(C(=O)c2ccc3sc(C)nc3c2)C(C)C)c1. The maximum Gasteiger partial charge on any atom is 0.254 e. The highest BCUT2D eigenvalue weighted by atomic mass is 32.2. The minimum atomic E-state index is 0.0529. The number of hydrogen-bond donors (Lipinski definition) is 0. The summed E-state index contributed by atoms with van der Waals surface area (Å²) < 4.78 is 1.12. The molecular weight excluding hydrogens is 348 g/mol. The number of carbonyl (C=O) groups excluding carboxylic acids is 1. The van der Waals surface area contributed by atoms with Crippen LogP contribution in [0, 0.1) is 6.92 Å². The Morgan fingerprint density at radius 1 is 1.24 bits per heavy atom. The van der Waals surface area contributed by atoms with Crippen LogP contribution in [0.2, 0.25) is 0 Å². The third kappa shape index (κ3) is 4.05. The van der Waals surface area contributed by atoms with Gasteiger partial charge in [-0.3, -0.25) is 4.79 Å². The summed E-state index contributed by atoms with van der Waals surface area (Å²) in [5.74, 6) is 0.0529. The molecule has 1 amide bonds. The maximum absolute atomic E-state index is 13.1. The largest absolute Gasteiger partial charge is 0.332 e. The van der Waals surface area contributed by atoms with Crippen LogP contribution >= 0.6 is 23.1 Å². The second-order valence-electron chi connectivity index (χ2n) is 6.29. The lowest BCUT2D eigenvalue weighted by molar-refractivity contribution is 0.0690. The van der Waals surface area contributed by atoms with Gasteiger partial charge in [-0.1, -0.05) is 12.1 Å². The molecule has 0 saturated heterocycles. The molecule has 3 nitrogen and oxygen atoms in total.